The molecule has 0 fully saturated rings. The smallest absolute Gasteiger partial charge is 0.123 e. The summed E-state index contributed by atoms with van der Waals surface area (Å²) in [6, 6.07) is 6.13. The fourth-order valence-corrected chi connectivity index (χ4v) is 5.47. The van der Waals surface area contributed by atoms with Crippen molar-refractivity contribution in [1.82, 2.24) is 0 Å². The predicted molar refractivity (Wildman–Crippen MR) is 83.6 cm³/mol. The molecule has 0 aliphatic carbocycles. The predicted octanol–water partition coefficient (Wildman–Crippen LogP) is 0.162. The van der Waals surface area contributed by atoms with Crippen LogP contribution in [0.25, 0.3) is 0 Å². The van der Waals surface area contributed by atoms with Gasteiger partial charge in [-0.25, -0.2) is 0 Å². The molecular weight excluding hydrogens is 381 g/mol. The second-order valence-electron chi connectivity index (χ2n) is 7.03. The monoisotopic (exact) mass is 409 g/mol. The molecule has 1 aromatic rings. The summed E-state index contributed by atoms with van der Waals surface area (Å²) in [5, 5.41) is 0. The number of ether oxygens (including phenoxy) is 2. The van der Waals surface area contributed by atoms with E-state index in [-0.39, 0.29) is 24.0 Å². The van der Waals surface area contributed by atoms with E-state index in [1.807, 2.05) is 6.07 Å². The van der Waals surface area contributed by atoms with Gasteiger partial charge < -0.3 is 37.9 Å². The molecule has 0 saturated heterocycles. The molecule has 0 amide bonds. The molecule has 0 spiro atoms. The molecule has 1 rings (SSSR count). The van der Waals surface area contributed by atoms with E-state index in [9.17, 15) is 0 Å². The van der Waals surface area contributed by atoms with E-state index in [4.69, 9.17) is 9.47 Å². The summed E-state index contributed by atoms with van der Waals surface area (Å²) >= 11 is 0. The Morgan fingerprint density at radius 2 is 1.40 bits per heavy atom. The molecule has 0 aliphatic rings. The summed E-state index contributed by atoms with van der Waals surface area (Å²) < 4.78 is 11.7. The number of quaternary nitrogens is 1. The van der Waals surface area contributed by atoms with Gasteiger partial charge in [0, 0.05) is 11.6 Å². The van der Waals surface area contributed by atoms with Gasteiger partial charge in [0.1, 0.15) is 26.1 Å². The highest BCUT2D eigenvalue weighted by Gasteiger charge is 2.26. The van der Waals surface area contributed by atoms with Crippen LogP contribution < -0.4 is 33.5 Å². The van der Waals surface area contributed by atoms with Crippen molar-refractivity contribution >= 4 is 8.07 Å². The van der Waals surface area contributed by atoms with Gasteiger partial charge in [-0.1, -0.05) is 19.6 Å². The molecule has 3 nitrogen and oxygen atoms in total. The minimum Gasteiger partial charge on any atom is -1.00 e. The Morgan fingerprint density at radius 3 is 1.75 bits per heavy atom. The summed E-state index contributed by atoms with van der Waals surface area (Å²) in [7, 11) is 6.90. The number of hydrogen-bond donors (Lipinski definition) is 0. The Hall–Kier alpha value is -0.273. The first-order chi connectivity index (χ1) is 8.65. The number of nitrogens with zero attached hydrogens (tertiary/aromatic N) is 1. The molecule has 0 aromatic heterocycles. The molecule has 1 aromatic carbocycles. The maximum Gasteiger partial charge on any atom is 0.123 e. The van der Waals surface area contributed by atoms with Crippen LogP contribution in [-0.2, 0) is 6.54 Å². The van der Waals surface area contributed by atoms with E-state index in [0.717, 1.165) is 22.5 Å². The van der Waals surface area contributed by atoms with Crippen LogP contribution >= 0.6 is 0 Å². The summed E-state index contributed by atoms with van der Waals surface area (Å²) in [5.74, 6) is 1.73. The van der Waals surface area contributed by atoms with Gasteiger partial charge in [-0.2, -0.15) is 0 Å². The Balaban J connectivity index is 0.00000361. The molecule has 5 heteroatoms. The quantitative estimate of drug-likeness (QED) is 0.379. The molecule has 0 atom stereocenters. The van der Waals surface area contributed by atoms with Crippen molar-refractivity contribution in [1.29, 1.82) is 0 Å². The molecule has 0 saturated carbocycles. The van der Waals surface area contributed by atoms with Crippen molar-refractivity contribution in [2.24, 2.45) is 0 Å². The van der Waals surface area contributed by atoms with Crippen LogP contribution in [0.3, 0.4) is 0 Å². The lowest BCUT2D eigenvalue weighted by Gasteiger charge is -2.35. The highest BCUT2D eigenvalue weighted by atomic mass is 127. The largest absolute Gasteiger partial charge is 1.00 e. The maximum absolute atomic E-state index is 5.33. The summed E-state index contributed by atoms with van der Waals surface area (Å²) in [5.41, 5.74) is 1.26. The van der Waals surface area contributed by atoms with E-state index in [1.54, 1.807) is 14.2 Å². The summed E-state index contributed by atoms with van der Waals surface area (Å²) in [6.07, 6.45) is 1.26. The van der Waals surface area contributed by atoms with E-state index < -0.39 is 8.07 Å². The zero-order valence-corrected chi connectivity index (χ0v) is 16.9. The van der Waals surface area contributed by atoms with E-state index in [0.29, 0.717) is 0 Å². The van der Waals surface area contributed by atoms with Crippen LogP contribution in [-0.4, -0.2) is 47.0 Å². The van der Waals surface area contributed by atoms with Crippen LogP contribution in [0, 0.1) is 0 Å². The lowest BCUT2D eigenvalue weighted by atomic mass is 10.2. The fourth-order valence-electron chi connectivity index (χ4n) is 2.79. The highest BCUT2D eigenvalue weighted by molar-refractivity contribution is 6.75. The van der Waals surface area contributed by atoms with Crippen molar-refractivity contribution in [3.8, 4) is 11.5 Å². The van der Waals surface area contributed by atoms with Crippen LogP contribution in [0.2, 0.25) is 19.6 Å². The average molecular weight is 409 g/mol. The molecule has 0 aliphatic heterocycles. The van der Waals surface area contributed by atoms with E-state index >= 15 is 0 Å². The van der Waals surface area contributed by atoms with E-state index in [1.165, 1.54) is 11.7 Å². The molecule has 20 heavy (non-hydrogen) atoms. The Bertz CT molecular complexity index is 408. The third-order valence-corrected chi connectivity index (χ3v) is 4.73. The molecule has 116 valence electrons. The lowest BCUT2D eigenvalue weighted by Crippen LogP contribution is -3.00. The van der Waals surface area contributed by atoms with Crippen LogP contribution in [0.4, 0.5) is 0 Å². The molecule has 0 heterocycles. The second kappa shape index (κ2) is 7.65. The van der Waals surface area contributed by atoms with Gasteiger partial charge in [0.15, 0.2) is 0 Å². The Labute approximate surface area is 141 Å². The molecule has 0 bridgehead atoms. The number of halogens is 1. The van der Waals surface area contributed by atoms with Crippen LogP contribution in [0.1, 0.15) is 5.56 Å². The van der Waals surface area contributed by atoms with Gasteiger partial charge in [0.2, 0.25) is 0 Å². The van der Waals surface area contributed by atoms with Crippen LogP contribution in [0.5, 0.6) is 11.5 Å². The number of benzene rings is 1. The molecular formula is C15H28INO2Si. The SMILES string of the molecule is COc1cc(C[N+](C)(C)C[Si](C)(C)C)cc(OC)c1.[I-]. The summed E-state index contributed by atoms with van der Waals surface area (Å²) in [4.78, 5) is 0. The highest BCUT2D eigenvalue weighted by Crippen LogP contribution is 2.24. The van der Waals surface area contributed by atoms with Gasteiger partial charge in [0.05, 0.1) is 34.5 Å². The van der Waals surface area contributed by atoms with Gasteiger partial charge in [-0.3, -0.25) is 0 Å². The van der Waals surface area contributed by atoms with Crippen molar-refractivity contribution in [3.05, 3.63) is 23.8 Å². The normalized spacial score (nSPS) is 11.8. The van der Waals surface area contributed by atoms with Gasteiger partial charge in [-0.15, -0.1) is 0 Å². The van der Waals surface area contributed by atoms with Crippen molar-refractivity contribution in [3.63, 3.8) is 0 Å². The third-order valence-electron chi connectivity index (χ3n) is 2.92. The standard InChI is InChI=1S/C15H28NO2Si.HI/c1-16(2,12-19(5,6)7)11-13-8-14(17-3)10-15(9-13)18-4;/h8-10H,11-12H2,1-7H3;1H/q+1;/p-1. The lowest BCUT2D eigenvalue weighted by molar-refractivity contribution is -0.894. The van der Waals surface area contributed by atoms with Gasteiger partial charge in [0.25, 0.3) is 0 Å². The minimum absolute atomic E-state index is 0. The van der Waals surface area contributed by atoms with Crippen molar-refractivity contribution < 1.29 is 37.9 Å². The van der Waals surface area contributed by atoms with E-state index in [2.05, 4.69) is 45.9 Å². The van der Waals surface area contributed by atoms with Crippen LogP contribution in [0.15, 0.2) is 18.2 Å². The first-order valence-electron chi connectivity index (χ1n) is 6.69. The topological polar surface area (TPSA) is 18.5 Å². The van der Waals surface area contributed by atoms with Crippen molar-refractivity contribution in [2.75, 3.05) is 34.5 Å². The molecule has 0 radical (unpaired) electrons. The fraction of sp³-hybridized carbons (Fsp3) is 0.600. The minimum atomic E-state index is -1.08. The third kappa shape index (κ3) is 6.94. The molecule has 0 N–H and O–H groups in total. The summed E-state index contributed by atoms with van der Waals surface area (Å²) in [6.45, 7) is 8.25. The Morgan fingerprint density at radius 1 is 0.950 bits per heavy atom. The maximum atomic E-state index is 5.33. The zero-order valence-electron chi connectivity index (χ0n) is 13.8. The number of hydrogen-bond acceptors (Lipinski definition) is 2. The van der Waals surface area contributed by atoms with Gasteiger partial charge >= 0.3 is 0 Å². The Kier molecular flexibility index (Phi) is 7.55. The first-order valence-corrected chi connectivity index (χ1v) is 10.4. The average Bonchev–Trinajstić information content (AvgIpc) is 2.24. The number of rotatable bonds is 6. The zero-order chi connectivity index (χ0) is 14.7. The first kappa shape index (κ1) is 19.7. The molecule has 0 unspecified atom stereocenters. The second-order valence-corrected chi connectivity index (χ2v) is 12.5. The van der Waals surface area contributed by atoms with Gasteiger partial charge in [-0.05, 0) is 12.1 Å². The van der Waals surface area contributed by atoms with Crippen molar-refractivity contribution in [2.45, 2.75) is 26.2 Å². The number of methoxy groups -OCH3 is 2.